The summed E-state index contributed by atoms with van der Waals surface area (Å²) in [6, 6.07) is 4.77. The molecule has 2 N–H and O–H groups in total. The maximum atomic E-state index is 13.8. The molecule has 0 radical (unpaired) electrons. The van der Waals surface area contributed by atoms with Gasteiger partial charge in [0.1, 0.15) is 16.9 Å². The number of halogens is 3. The molecule has 3 aromatic heterocycles. The Hall–Kier alpha value is -2.84. The third kappa shape index (κ3) is 4.13. The van der Waals surface area contributed by atoms with Crippen molar-refractivity contribution in [3.8, 4) is 6.07 Å². The number of rotatable bonds is 3. The Labute approximate surface area is 196 Å². The average molecular weight is 492 g/mol. The van der Waals surface area contributed by atoms with E-state index in [1.165, 1.54) is 28.7 Å². The molecule has 0 bridgehead atoms. The Morgan fingerprint density at radius 3 is 2.85 bits per heavy atom. The molecule has 2 aliphatic rings. The van der Waals surface area contributed by atoms with Crippen molar-refractivity contribution >= 4 is 39.4 Å². The lowest BCUT2D eigenvalue weighted by molar-refractivity contribution is -0.173. The van der Waals surface area contributed by atoms with Crippen molar-refractivity contribution in [2.24, 2.45) is 0 Å². The van der Waals surface area contributed by atoms with Crippen LogP contribution in [0, 0.1) is 11.3 Å². The highest BCUT2D eigenvalue weighted by molar-refractivity contribution is 7.16. The van der Waals surface area contributed by atoms with Crippen molar-refractivity contribution in [2.45, 2.75) is 56.8 Å². The fourth-order valence-electron chi connectivity index (χ4n) is 4.48. The molecular weight excluding hydrogens is 471 g/mol. The van der Waals surface area contributed by atoms with Gasteiger partial charge in [-0.05, 0) is 42.7 Å². The summed E-state index contributed by atoms with van der Waals surface area (Å²) in [6.07, 6.45) is 0.0790. The predicted molar refractivity (Wildman–Crippen MR) is 121 cm³/mol. The number of carbonyl (C=O) groups is 1. The number of nitrogens with one attached hydrogen (secondary N) is 2. The van der Waals surface area contributed by atoms with Crippen LogP contribution in [-0.4, -0.2) is 21.9 Å². The second-order valence-corrected chi connectivity index (χ2v) is 10.3. The zero-order chi connectivity index (χ0) is 23.2. The summed E-state index contributed by atoms with van der Waals surface area (Å²) >= 11 is 2.76. The van der Waals surface area contributed by atoms with Gasteiger partial charge in [0.05, 0.1) is 11.6 Å². The van der Waals surface area contributed by atoms with Gasteiger partial charge in [-0.1, -0.05) is 12.5 Å². The number of fused-ring (bicyclic) bond motifs is 2. The largest absolute Gasteiger partial charge is 0.410 e. The minimum atomic E-state index is -4.51. The second kappa shape index (κ2) is 8.50. The van der Waals surface area contributed by atoms with Crippen LogP contribution in [0.5, 0.6) is 0 Å². The summed E-state index contributed by atoms with van der Waals surface area (Å²) in [4.78, 5) is 14.8. The number of anilines is 2. The van der Waals surface area contributed by atoms with E-state index in [4.69, 9.17) is 0 Å². The molecule has 1 aliphatic heterocycles. The van der Waals surface area contributed by atoms with Crippen LogP contribution in [0.4, 0.5) is 24.0 Å². The maximum absolute atomic E-state index is 13.8. The van der Waals surface area contributed by atoms with Crippen molar-refractivity contribution in [3.63, 3.8) is 0 Å². The van der Waals surface area contributed by atoms with Crippen LogP contribution in [0.3, 0.4) is 0 Å². The molecule has 4 heterocycles. The molecule has 11 heteroatoms. The fourth-order valence-corrected chi connectivity index (χ4v) is 6.50. The lowest BCUT2D eigenvalue weighted by Crippen LogP contribution is -2.35. The normalized spacial score (nSPS) is 20.2. The van der Waals surface area contributed by atoms with Crippen LogP contribution in [0.15, 0.2) is 23.6 Å². The number of amides is 1. The van der Waals surface area contributed by atoms with Gasteiger partial charge in [-0.15, -0.1) is 22.7 Å². The molecule has 172 valence electrons. The van der Waals surface area contributed by atoms with Gasteiger partial charge in [0.2, 0.25) is 0 Å². The zero-order valence-corrected chi connectivity index (χ0v) is 19.0. The van der Waals surface area contributed by atoms with E-state index in [1.54, 1.807) is 12.1 Å². The van der Waals surface area contributed by atoms with E-state index in [0.29, 0.717) is 10.6 Å². The van der Waals surface area contributed by atoms with E-state index in [1.807, 2.05) is 5.38 Å². The highest BCUT2D eigenvalue weighted by atomic mass is 32.1. The average Bonchev–Trinajstić information content (AvgIpc) is 3.48. The number of hydrogen-bond donors (Lipinski definition) is 2. The molecule has 3 aromatic rings. The molecule has 2 atom stereocenters. The minimum Gasteiger partial charge on any atom is -0.363 e. The van der Waals surface area contributed by atoms with E-state index in [-0.39, 0.29) is 17.9 Å². The van der Waals surface area contributed by atoms with Gasteiger partial charge in [0.15, 0.2) is 11.7 Å². The molecule has 0 fully saturated rings. The van der Waals surface area contributed by atoms with E-state index < -0.39 is 24.2 Å². The number of nitriles is 1. The number of aromatic nitrogens is 2. The molecule has 0 saturated carbocycles. The SMILES string of the molecule is N#Cc1c(NC(=O)c2cc3n(n2)[C@@H](C(F)(F)F)C[C@H](c2cccs2)N3)sc2c1CCCCC2. The molecule has 0 spiro atoms. The summed E-state index contributed by atoms with van der Waals surface area (Å²) in [5.41, 5.74) is 1.32. The van der Waals surface area contributed by atoms with Gasteiger partial charge < -0.3 is 10.6 Å². The molecule has 5 rings (SSSR count). The Morgan fingerprint density at radius 1 is 1.30 bits per heavy atom. The molecule has 1 aliphatic carbocycles. The van der Waals surface area contributed by atoms with Crippen LogP contribution in [0.2, 0.25) is 0 Å². The lowest BCUT2D eigenvalue weighted by Gasteiger charge is -2.32. The molecule has 33 heavy (non-hydrogen) atoms. The van der Waals surface area contributed by atoms with Crippen molar-refractivity contribution in [1.29, 1.82) is 5.26 Å². The van der Waals surface area contributed by atoms with Gasteiger partial charge in [-0.2, -0.15) is 23.5 Å². The van der Waals surface area contributed by atoms with Crippen molar-refractivity contribution < 1.29 is 18.0 Å². The Kier molecular flexibility index (Phi) is 5.66. The van der Waals surface area contributed by atoms with E-state index in [2.05, 4.69) is 21.8 Å². The first-order valence-corrected chi connectivity index (χ1v) is 12.4. The molecule has 0 unspecified atom stereocenters. The standard InChI is InChI=1S/C22H20F3N5OS2/c23-22(24,25)18-9-14(17-7-4-8-32-17)27-19-10-15(29-30(18)19)20(31)28-21-13(11-26)12-5-2-1-3-6-16(12)33-21/h4,7-8,10,14,18,27H,1-3,5-6,9H2,(H,28,31)/t14-,18-/m1/s1. The number of carbonyl (C=O) groups excluding carboxylic acids is 1. The van der Waals surface area contributed by atoms with Gasteiger partial charge in [0, 0.05) is 22.2 Å². The Morgan fingerprint density at radius 2 is 2.12 bits per heavy atom. The summed E-state index contributed by atoms with van der Waals surface area (Å²) in [5.74, 6) is -0.477. The fraction of sp³-hybridized carbons (Fsp3) is 0.409. The summed E-state index contributed by atoms with van der Waals surface area (Å²) in [5, 5.41) is 21.8. The second-order valence-electron chi connectivity index (χ2n) is 8.20. The Balaban J connectivity index is 1.44. The van der Waals surface area contributed by atoms with Gasteiger partial charge in [0.25, 0.3) is 5.91 Å². The summed E-state index contributed by atoms with van der Waals surface area (Å²) < 4.78 is 42.4. The molecular formula is C22H20F3N5OS2. The third-order valence-electron chi connectivity index (χ3n) is 6.07. The molecule has 0 aromatic carbocycles. The minimum absolute atomic E-state index is 0.119. The number of nitrogens with zero attached hydrogens (tertiary/aromatic N) is 3. The van der Waals surface area contributed by atoms with Crippen LogP contribution < -0.4 is 10.6 Å². The first-order valence-electron chi connectivity index (χ1n) is 10.7. The van der Waals surface area contributed by atoms with Crippen LogP contribution in [0.1, 0.15) is 69.1 Å². The van der Waals surface area contributed by atoms with Crippen molar-refractivity contribution in [2.75, 3.05) is 10.6 Å². The number of thiophene rings is 2. The first kappa shape index (κ1) is 22.0. The van der Waals surface area contributed by atoms with Crippen molar-refractivity contribution in [1.82, 2.24) is 9.78 Å². The van der Waals surface area contributed by atoms with Gasteiger partial charge in [-0.25, -0.2) is 4.68 Å². The maximum Gasteiger partial charge on any atom is 0.410 e. The summed E-state index contributed by atoms with van der Waals surface area (Å²) in [7, 11) is 0. The number of alkyl halides is 3. The van der Waals surface area contributed by atoms with Crippen LogP contribution >= 0.6 is 22.7 Å². The number of aryl methyl sites for hydroxylation is 1. The monoisotopic (exact) mass is 491 g/mol. The number of hydrogen-bond acceptors (Lipinski definition) is 6. The first-order chi connectivity index (χ1) is 15.8. The smallest absolute Gasteiger partial charge is 0.363 e. The topological polar surface area (TPSA) is 82.7 Å². The molecule has 1 amide bonds. The predicted octanol–water partition coefficient (Wildman–Crippen LogP) is 6.06. The van der Waals surface area contributed by atoms with Crippen molar-refractivity contribution in [3.05, 3.63) is 50.2 Å². The van der Waals surface area contributed by atoms with E-state index in [9.17, 15) is 23.2 Å². The van der Waals surface area contributed by atoms with E-state index >= 15 is 0 Å². The zero-order valence-electron chi connectivity index (χ0n) is 17.4. The quantitative estimate of drug-likeness (QED) is 0.437. The molecule has 6 nitrogen and oxygen atoms in total. The van der Waals surface area contributed by atoms with Gasteiger partial charge >= 0.3 is 6.18 Å². The van der Waals surface area contributed by atoms with E-state index in [0.717, 1.165) is 52.1 Å². The summed E-state index contributed by atoms with van der Waals surface area (Å²) in [6.45, 7) is 0. The van der Waals surface area contributed by atoms with Gasteiger partial charge in [-0.3, -0.25) is 4.79 Å². The third-order valence-corrected chi connectivity index (χ3v) is 8.26. The van der Waals surface area contributed by atoms with Crippen LogP contribution in [0.25, 0.3) is 0 Å². The lowest BCUT2D eigenvalue weighted by atomic mass is 10.0. The molecule has 0 saturated heterocycles. The highest BCUT2D eigenvalue weighted by Gasteiger charge is 2.47. The Bertz CT molecular complexity index is 1220. The highest BCUT2D eigenvalue weighted by Crippen LogP contribution is 2.44. The van der Waals surface area contributed by atoms with Crippen LogP contribution in [-0.2, 0) is 12.8 Å².